The van der Waals surface area contributed by atoms with Crippen LogP contribution in [0.5, 0.6) is 11.5 Å². The van der Waals surface area contributed by atoms with Crippen molar-refractivity contribution in [2.24, 2.45) is 0 Å². The first-order valence-electron chi connectivity index (χ1n) is 6.28. The first-order chi connectivity index (χ1) is 9.72. The van der Waals surface area contributed by atoms with E-state index in [2.05, 4.69) is 5.32 Å². The molecule has 0 aliphatic carbocycles. The fraction of sp³-hybridized carbons (Fsp3) is 0.462. The Morgan fingerprint density at radius 3 is 3.05 bits per heavy atom. The summed E-state index contributed by atoms with van der Waals surface area (Å²) in [7, 11) is 0. The number of thioether (sulfide) groups is 1. The Labute approximate surface area is 126 Å². The van der Waals surface area contributed by atoms with Crippen molar-refractivity contribution < 1.29 is 19.4 Å². The maximum Gasteiger partial charge on any atom is 0.251 e. The van der Waals surface area contributed by atoms with E-state index in [-0.39, 0.29) is 19.3 Å². The summed E-state index contributed by atoms with van der Waals surface area (Å²) < 4.78 is 10.4. The van der Waals surface area contributed by atoms with E-state index in [0.717, 1.165) is 17.9 Å². The number of hydrogen-bond acceptors (Lipinski definition) is 5. The monoisotopic (exact) mass is 317 g/mol. The molecule has 0 bridgehead atoms. The van der Waals surface area contributed by atoms with Crippen molar-refractivity contribution in [3.8, 4) is 11.5 Å². The molecule has 20 heavy (non-hydrogen) atoms. The lowest BCUT2D eigenvalue weighted by Crippen LogP contribution is -2.25. The van der Waals surface area contributed by atoms with Gasteiger partial charge in [-0.1, -0.05) is 11.6 Å². The molecule has 0 aromatic heterocycles. The molecule has 1 heterocycles. The molecule has 1 aliphatic heterocycles. The third-order valence-electron chi connectivity index (χ3n) is 2.67. The first kappa shape index (κ1) is 15.3. The second kappa shape index (κ2) is 7.61. The smallest absolute Gasteiger partial charge is 0.251 e. The molecule has 1 aromatic rings. The lowest BCUT2D eigenvalue weighted by molar-refractivity contribution is 0.0955. The molecule has 0 fully saturated rings. The van der Waals surface area contributed by atoms with Crippen LogP contribution in [-0.4, -0.2) is 42.5 Å². The SMILES string of the molecule is O=C(NCCSCCCO)c1cc(Cl)c2c(c1)OCO2. The van der Waals surface area contributed by atoms with Crippen LogP contribution in [0.4, 0.5) is 0 Å². The first-order valence-corrected chi connectivity index (χ1v) is 7.81. The summed E-state index contributed by atoms with van der Waals surface area (Å²) in [6.45, 7) is 0.900. The lowest BCUT2D eigenvalue weighted by atomic mass is 10.2. The van der Waals surface area contributed by atoms with Crippen molar-refractivity contribution >= 4 is 29.3 Å². The van der Waals surface area contributed by atoms with Crippen LogP contribution in [0.15, 0.2) is 12.1 Å². The number of benzene rings is 1. The highest BCUT2D eigenvalue weighted by Crippen LogP contribution is 2.39. The number of hydrogen-bond donors (Lipinski definition) is 2. The zero-order chi connectivity index (χ0) is 14.4. The van der Waals surface area contributed by atoms with Gasteiger partial charge in [-0.2, -0.15) is 11.8 Å². The number of aliphatic hydroxyl groups excluding tert-OH is 1. The molecule has 1 aromatic carbocycles. The fourth-order valence-corrected chi connectivity index (χ4v) is 2.75. The van der Waals surface area contributed by atoms with Gasteiger partial charge >= 0.3 is 0 Å². The average molecular weight is 318 g/mol. The molecule has 0 unspecified atom stereocenters. The summed E-state index contributed by atoms with van der Waals surface area (Å²) in [5, 5.41) is 11.8. The van der Waals surface area contributed by atoms with E-state index in [4.69, 9.17) is 26.2 Å². The van der Waals surface area contributed by atoms with E-state index in [9.17, 15) is 4.79 Å². The molecule has 110 valence electrons. The standard InChI is InChI=1S/C13H16ClNO4S/c14-10-6-9(7-11-12(10)19-8-18-11)13(17)15-2-5-20-4-1-3-16/h6-7,16H,1-5,8H2,(H,15,17). The number of aliphatic hydroxyl groups is 1. The van der Waals surface area contributed by atoms with Crippen LogP contribution in [0.3, 0.4) is 0 Å². The lowest BCUT2D eigenvalue weighted by Gasteiger charge is -2.07. The summed E-state index contributed by atoms with van der Waals surface area (Å²) >= 11 is 7.72. The second-order valence-corrected chi connectivity index (χ2v) is 5.77. The highest BCUT2D eigenvalue weighted by molar-refractivity contribution is 7.99. The van der Waals surface area contributed by atoms with Crippen LogP contribution in [0, 0.1) is 0 Å². The summed E-state index contributed by atoms with van der Waals surface area (Å²) in [4.78, 5) is 12.0. The fourth-order valence-electron chi connectivity index (χ4n) is 1.71. The van der Waals surface area contributed by atoms with Crippen molar-refractivity contribution in [2.75, 3.05) is 31.5 Å². The predicted molar refractivity (Wildman–Crippen MR) is 78.9 cm³/mol. The van der Waals surface area contributed by atoms with Gasteiger partial charge in [0.25, 0.3) is 5.91 Å². The molecule has 0 atom stereocenters. The number of carbonyl (C=O) groups excluding carboxylic acids is 1. The van der Waals surface area contributed by atoms with Crippen LogP contribution >= 0.6 is 23.4 Å². The zero-order valence-electron chi connectivity index (χ0n) is 10.9. The molecule has 0 saturated carbocycles. The third kappa shape index (κ3) is 3.94. The Morgan fingerprint density at radius 2 is 2.25 bits per heavy atom. The van der Waals surface area contributed by atoms with E-state index < -0.39 is 0 Å². The minimum absolute atomic E-state index is 0.127. The van der Waals surface area contributed by atoms with E-state index >= 15 is 0 Å². The van der Waals surface area contributed by atoms with Crippen molar-refractivity contribution in [3.05, 3.63) is 22.7 Å². The highest BCUT2D eigenvalue weighted by Gasteiger charge is 2.20. The van der Waals surface area contributed by atoms with E-state index in [1.165, 1.54) is 0 Å². The third-order valence-corrected chi connectivity index (χ3v) is 4.02. The number of nitrogens with one attached hydrogen (secondary N) is 1. The van der Waals surface area contributed by atoms with Crippen LogP contribution < -0.4 is 14.8 Å². The topological polar surface area (TPSA) is 67.8 Å². The molecular weight excluding hydrogens is 302 g/mol. The van der Waals surface area contributed by atoms with Crippen LogP contribution in [0.25, 0.3) is 0 Å². The normalized spacial score (nSPS) is 12.5. The maximum atomic E-state index is 12.0. The van der Waals surface area contributed by atoms with Gasteiger partial charge in [0.1, 0.15) is 0 Å². The summed E-state index contributed by atoms with van der Waals surface area (Å²) in [6, 6.07) is 3.20. The van der Waals surface area contributed by atoms with E-state index in [1.807, 2.05) is 0 Å². The Kier molecular flexibility index (Phi) is 5.82. The molecular formula is C13H16ClNO4S. The average Bonchev–Trinajstić information content (AvgIpc) is 2.91. The molecule has 1 amide bonds. The van der Waals surface area contributed by atoms with Crippen molar-refractivity contribution in [1.82, 2.24) is 5.32 Å². The van der Waals surface area contributed by atoms with Gasteiger partial charge in [0, 0.05) is 24.5 Å². The Hall–Kier alpha value is -1.11. The molecule has 5 nitrogen and oxygen atoms in total. The largest absolute Gasteiger partial charge is 0.454 e. The number of halogens is 1. The number of rotatable bonds is 7. The highest BCUT2D eigenvalue weighted by atomic mass is 35.5. The van der Waals surface area contributed by atoms with E-state index in [0.29, 0.717) is 28.6 Å². The molecule has 2 N–H and O–H groups in total. The zero-order valence-corrected chi connectivity index (χ0v) is 12.4. The van der Waals surface area contributed by atoms with Crippen LogP contribution in [0.1, 0.15) is 16.8 Å². The summed E-state index contributed by atoms with van der Waals surface area (Å²) in [5.74, 6) is 2.50. The summed E-state index contributed by atoms with van der Waals surface area (Å²) in [6.07, 6.45) is 0.774. The van der Waals surface area contributed by atoms with Gasteiger partial charge in [-0.3, -0.25) is 4.79 Å². The van der Waals surface area contributed by atoms with Crippen LogP contribution in [0.2, 0.25) is 5.02 Å². The number of ether oxygens (including phenoxy) is 2. The quantitative estimate of drug-likeness (QED) is 0.752. The molecule has 1 aliphatic rings. The van der Waals surface area contributed by atoms with Gasteiger partial charge < -0.3 is 19.9 Å². The van der Waals surface area contributed by atoms with Gasteiger partial charge in [-0.15, -0.1) is 0 Å². The second-order valence-electron chi connectivity index (χ2n) is 4.14. The minimum Gasteiger partial charge on any atom is -0.454 e. The van der Waals surface area contributed by atoms with Crippen molar-refractivity contribution in [1.29, 1.82) is 0 Å². The molecule has 0 radical (unpaired) electrons. The number of amides is 1. The number of carbonyl (C=O) groups is 1. The Balaban J connectivity index is 1.82. The van der Waals surface area contributed by atoms with Gasteiger partial charge in [0.2, 0.25) is 6.79 Å². The molecule has 7 heteroatoms. The minimum atomic E-state index is -0.187. The summed E-state index contributed by atoms with van der Waals surface area (Å²) in [5.41, 5.74) is 0.458. The van der Waals surface area contributed by atoms with Crippen molar-refractivity contribution in [3.63, 3.8) is 0 Å². The van der Waals surface area contributed by atoms with Gasteiger partial charge in [0.15, 0.2) is 11.5 Å². The molecule has 0 spiro atoms. The van der Waals surface area contributed by atoms with Gasteiger partial charge in [0.05, 0.1) is 5.02 Å². The Bertz CT molecular complexity index is 484. The van der Waals surface area contributed by atoms with Crippen molar-refractivity contribution in [2.45, 2.75) is 6.42 Å². The maximum absolute atomic E-state index is 12.0. The van der Waals surface area contributed by atoms with Crippen LogP contribution in [-0.2, 0) is 0 Å². The predicted octanol–water partition coefficient (Wildman–Crippen LogP) is 1.91. The van der Waals surface area contributed by atoms with Gasteiger partial charge in [-0.05, 0) is 24.3 Å². The van der Waals surface area contributed by atoms with Gasteiger partial charge in [-0.25, -0.2) is 0 Å². The van der Waals surface area contributed by atoms with E-state index in [1.54, 1.807) is 23.9 Å². The number of fused-ring (bicyclic) bond motifs is 1. The molecule has 2 rings (SSSR count). The Morgan fingerprint density at radius 1 is 1.40 bits per heavy atom. The molecule has 0 saturated heterocycles.